The summed E-state index contributed by atoms with van der Waals surface area (Å²) in [4.78, 5) is 0. The molecular formula is C18H15Br2N. The average Bonchev–Trinajstić information content (AvgIpc) is 2.50. The van der Waals surface area contributed by atoms with E-state index in [4.69, 9.17) is 5.73 Å². The largest absolute Gasteiger partial charge is 0.320 e. The van der Waals surface area contributed by atoms with Crippen LogP contribution in [0.1, 0.15) is 22.7 Å². The molecule has 3 rings (SSSR count). The standard InChI is InChI=1S/C18H15Br2N/c1-11-6-8-17(20)15(10-11)18(21)14-7-9-16(19)13-5-3-2-4-12(13)14/h2-10,18H,21H2,1H3. The highest BCUT2D eigenvalue weighted by Crippen LogP contribution is 2.34. The minimum atomic E-state index is -0.155. The van der Waals surface area contributed by atoms with E-state index in [1.165, 1.54) is 16.3 Å². The highest BCUT2D eigenvalue weighted by molar-refractivity contribution is 9.11. The zero-order valence-electron chi connectivity index (χ0n) is 11.6. The molecule has 0 aliphatic carbocycles. The van der Waals surface area contributed by atoms with E-state index in [1.54, 1.807) is 0 Å². The molecule has 1 nitrogen and oxygen atoms in total. The average molecular weight is 405 g/mol. The van der Waals surface area contributed by atoms with Crippen molar-refractivity contribution in [3.05, 3.63) is 80.2 Å². The summed E-state index contributed by atoms with van der Waals surface area (Å²) in [7, 11) is 0. The fourth-order valence-corrected chi connectivity index (χ4v) is 3.60. The van der Waals surface area contributed by atoms with E-state index in [9.17, 15) is 0 Å². The Hall–Kier alpha value is -1.16. The van der Waals surface area contributed by atoms with Crippen molar-refractivity contribution in [2.24, 2.45) is 5.73 Å². The van der Waals surface area contributed by atoms with Crippen LogP contribution < -0.4 is 5.73 Å². The number of benzene rings is 3. The minimum Gasteiger partial charge on any atom is -0.320 e. The molecule has 0 amide bonds. The van der Waals surface area contributed by atoms with Crippen LogP contribution in [0, 0.1) is 6.92 Å². The molecule has 3 heteroatoms. The lowest BCUT2D eigenvalue weighted by atomic mass is 9.94. The molecule has 1 atom stereocenters. The van der Waals surface area contributed by atoms with E-state index in [0.29, 0.717) is 0 Å². The molecule has 3 aromatic rings. The smallest absolute Gasteiger partial charge is 0.0569 e. The van der Waals surface area contributed by atoms with Gasteiger partial charge in [0.1, 0.15) is 0 Å². The molecule has 0 heterocycles. The number of fused-ring (bicyclic) bond motifs is 1. The molecule has 1 unspecified atom stereocenters. The molecule has 0 radical (unpaired) electrons. The maximum atomic E-state index is 6.56. The Morgan fingerprint density at radius 1 is 0.810 bits per heavy atom. The van der Waals surface area contributed by atoms with Gasteiger partial charge in [-0.15, -0.1) is 0 Å². The second-order valence-corrected chi connectivity index (χ2v) is 6.89. The predicted octanol–water partition coefficient (Wildman–Crippen LogP) is 5.72. The van der Waals surface area contributed by atoms with E-state index >= 15 is 0 Å². The van der Waals surface area contributed by atoms with Crippen molar-refractivity contribution in [3.8, 4) is 0 Å². The first-order valence-corrected chi connectivity index (χ1v) is 8.35. The van der Waals surface area contributed by atoms with Crippen molar-refractivity contribution in [2.75, 3.05) is 0 Å². The van der Waals surface area contributed by atoms with Gasteiger partial charge in [-0.1, -0.05) is 79.9 Å². The number of hydrogen-bond donors (Lipinski definition) is 1. The Morgan fingerprint density at radius 3 is 2.24 bits per heavy atom. The molecule has 0 bridgehead atoms. The van der Waals surface area contributed by atoms with Crippen LogP contribution in [-0.4, -0.2) is 0 Å². The van der Waals surface area contributed by atoms with Crippen LogP contribution in [0.5, 0.6) is 0 Å². The number of aryl methyl sites for hydroxylation is 1. The molecule has 0 aliphatic heterocycles. The third-order valence-electron chi connectivity index (χ3n) is 3.73. The lowest BCUT2D eigenvalue weighted by molar-refractivity contribution is 0.873. The van der Waals surface area contributed by atoms with E-state index in [-0.39, 0.29) is 6.04 Å². The van der Waals surface area contributed by atoms with E-state index in [0.717, 1.165) is 20.1 Å². The van der Waals surface area contributed by atoms with Gasteiger partial charge >= 0.3 is 0 Å². The Bertz CT molecular complexity index is 811. The molecule has 0 aromatic heterocycles. The summed E-state index contributed by atoms with van der Waals surface area (Å²) >= 11 is 7.23. The monoisotopic (exact) mass is 403 g/mol. The summed E-state index contributed by atoms with van der Waals surface area (Å²) in [5, 5.41) is 2.38. The molecule has 21 heavy (non-hydrogen) atoms. The van der Waals surface area contributed by atoms with Crippen LogP contribution in [0.25, 0.3) is 10.8 Å². The Labute approximate surface area is 141 Å². The van der Waals surface area contributed by atoms with Crippen LogP contribution in [0.3, 0.4) is 0 Å². The molecule has 0 saturated carbocycles. The highest BCUT2D eigenvalue weighted by atomic mass is 79.9. The van der Waals surface area contributed by atoms with E-state index in [1.807, 2.05) is 6.07 Å². The second kappa shape index (κ2) is 5.91. The summed E-state index contributed by atoms with van der Waals surface area (Å²) in [5.41, 5.74) is 10.0. The normalized spacial score (nSPS) is 12.6. The Morgan fingerprint density at radius 2 is 1.48 bits per heavy atom. The SMILES string of the molecule is Cc1ccc(Br)c(C(N)c2ccc(Br)c3ccccc23)c1. The first kappa shape index (κ1) is 14.8. The van der Waals surface area contributed by atoms with E-state index in [2.05, 4.69) is 87.3 Å². The van der Waals surface area contributed by atoms with Gasteiger partial charge in [0.05, 0.1) is 6.04 Å². The highest BCUT2D eigenvalue weighted by Gasteiger charge is 2.15. The number of rotatable bonds is 2. The minimum absolute atomic E-state index is 0.155. The maximum Gasteiger partial charge on any atom is 0.0569 e. The number of halogens is 2. The fourth-order valence-electron chi connectivity index (χ4n) is 2.63. The van der Waals surface area contributed by atoms with Crippen LogP contribution >= 0.6 is 31.9 Å². The lowest BCUT2D eigenvalue weighted by Gasteiger charge is -2.18. The van der Waals surface area contributed by atoms with Gasteiger partial charge in [-0.3, -0.25) is 0 Å². The summed E-state index contributed by atoms with van der Waals surface area (Å²) in [6.07, 6.45) is 0. The number of hydrogen-bond acceptors (Lipinski definition) is 1. The molecule has 0 saturated heterocycles. The lowest BCUT2D eigenvalue weighted by Crippen LogP contribution is -2.13. The molecule has 0 aliphatic rings. The van der Waals surface area contributed by atoms with Crippen molar-refractivity contribution in [2.45, 2.75) is 13.0 Å². The predicted molar refractivity (Wildman–Crippen MR) is 96.6 cm³/mol. The first-order valence-electron chi connectivity index (χ1n) is 6.76. The van der Waals surface area contributed by atoms with Crippen LogP contribution in [0.4, 0.5) is 0 Å². The molecule has 0 spiro atoms. The van der Waals surface area contributed by atoms with Gasteiger partial charge in [0, 0.05) is 8.95 Å². The van der Waals surface area contributed by atoms with Gasteiger partial charge in [-0.2, -0.15) is 0 Å². The quantitative estimate of drug-likeness (QED) is 0.580. The maximum absolute atomic E-state index is 6.56. The molecule has 2 N–H and O–H groups in total. The third-order valence-corrected chi connectivity index (χ3v) is 5.14. The molecule has 106 valence electrons. The van der Waals surface area contributed by atoms with Gasteiger partial charge in [0.15, 0.2) is 0 Å². The zero-order valence-corrected chi connectivity index (χ0v) is 14.8. The van der Waals surface area contributed by atoms with Gasteiger partial charge in [0.2, 0.25) is 0 Å². The van der Waals surface area contributed by atoms with Crippen molar-refractivity contribution in [1.82, 2.24) is 0 Å². The van der Waals surface area contributed by atoms with Crippen LogP contribution in [0.15, 0.2) is 63.5 Å². The van der Waals surface area contributed by atoms with Crippen LogP contribution in [-0.2, 0) is 0 Å². The van der Waals surface area contributed by atoms with Gasteiger partial charge in [-0.25, -0.2) is 0 Å². The Balaban J connectivity index is 2.20. The van der Waals surface area contributed by atoms with Crippen molar-refractivity contribution in [1.29, 1.82) is 0 Å². The van der Waals surface area contributed by atoms with Crippen molar-refractivity contribution >= 4 is 42.6 Å². The topological polar surface area (TPSA) is 26.0 Å². The van der Waals surface area contributed by atoms with Gasteiger partial charge in [-0.05, 0) is 41.0 Å². The third kappa shape index (κ3) is 2.78. The summed E-state index contributed by atoms with van der Waals surface area (Å²) in [5.74, 6) is 0. The fraction of sp³-hybridized carbons (Fsp3) is 0.111. The van der Waals surface area contributed by atoms with E-state index < -0.39 is 0 Å². The first-order chi connectivity index (χ1) is 10.1. The molecule has 3 aromatic carbocycles. The summed E-state index contributed by atoms with van der Waals surface area (Å²) in [6.45, 7) is 2.09. The molecule has 0 fully saturated rings. The van der Waals surface area contributed by atoms with Crippen LogP contribution in [0.2, 0.25) is 0 Å². The van der Waals surface area contributed by atoms with Crippen molar-refractivity contribution in [3.63, 3.8) is 0 Å². The van der Waals surface area contributed by atoms with Gasteiger partial charge in [0.25, 0.3) is 0 Å². The van der Waals surface area contributed by atoms with Crippen molar-refractivity contribution < 1.29 is 0 Å². The number of nitrogens with two attached hydrogens (primary N) is 1. The Kier molecular flexibility index (Phi) is 4.16. The van der Waals surface area contributed by atoms with Gasteiger partial charge < -0.3 is 5.73 Å². The second-order valence-electron chi connectivity index (χ2n) is 5.18. The molecular weight excluding hydrogens is 390 g/mol. The summed E-state index contributed by atoms with van der Waals surface area (Å²) in [6, 6.07) is 18.6. The summed E-state index contributed by atoms with van der Waals surface area (Å²) < 4.78 is 2.14. The zero-order chi connectivity index (χ0) is 15.0.